The highest BCUT2D eigenvalue weighted by Crippen LogP contribution is 2.15. The Balaban J connectivity index is 1.76. The first-order chi connectivity index (χ1) is 12.5. The molecule has 26 heavy (non-hydrogen) atoms. The van der Waals surface area contributed by atoms with Crippen molar-refractivity contribution >= 4 is 28.9 Å². The molecule has 0 radical (unpaired) electrons. The lowest BCUT2D eigenvalue weighted by Gasteiger charge is -2.07. The van der Waals surface area contributed by atoms with Gasteiger partial charge in [-0.3, -0.25) is 14.3 Å². The molecule has 3 aromatic rings. The molecule has 2 N–H and O–H groups in total. The predicted octanol–water partition coefficient (Wildman–Crippen LogP) is 3.19. The summed E-state index contributed by atoms with van der Waals surface area (Å²) in [7, 11) is 1.78. The average molecular weight is 371 g/mol. The standard InChI is InChI=1S/C19H19ClN4O2/c1-13-18(19(26)24(23(13)2)16-6-4-3-5-7-16)22-17(25)12-21-15-10-8-14(20)9-11-15/h3-11,21H,12H2,1-2H3,(H,22,25). The number of carbonyl (C=O) groups excluding carboxylic acids is 1. The summed E-state index contributed by atoms with van der Waals surface area (Å²) in [6.45, 7) is 1.84. The van der Waals surface area contributed by atoms with Crippen molar-refractivity contribution in [1.82, 2.24) is 9.36 Å². The first-order valence-corrected chi connectivity index (χ1v) is 8.48. The lowest BCUT2D eigenvalue weighted by atomic mass is 10.3. The molecule has 0 aliphatic rings. The van der Waals surface area contributed by atoms with Crippen molar-refractivity contribution in [2.24, 2.45) is 7.05 Å². The normalized spacial score (nSPS) is 10.6. The molecule has 0 saturated carbocycles. The van der Waals surface area contributed by atoms with Gasteiger partial charge in [-0.2, -0.15) is 0 Å². The maximum atomic E-state index is 12.8. The van der Waals surface area contributed by atoms with E-state index in [2.05, 4.69) is 10.6 Å². The van der Waals surface area contributed by atoms with Crippen LogP contribution >= 0.6 is 11.6 Å². The van der Waals surface area contributed by atoms with E-state index in [1.54, 1.807) is 42.9 Å². The molecular weight excluding hydrogens is 352 g/mol. The van der Waals surface area contributed by atoms with Crippen LogP contribution in [-0.2, 0) is 11.8 Å². The number of amides is 1. The monoisotopic (exact) mass is 370 g/mol. The maximum absolute atomic E-state index is 12.8. The van der Waals surface area contributed by atoms with Crippen molar-refractivity contribution in [2.75, 3.05) is 17.2 Å². The Bertz CT molecular complexity index is 975. The van der Waals surface area contributed by atoms with Gasteiger partial charge >= 0.3 is 0 Å². The third kappa shape index (κ3) is 3.65. The van der Waals surface area contributed by atoms with Crippen LogP contribution in [0.1, 0.15) is 5.69 Å². The molecule has 0 atom stereocenters. The number of benzene rings is 2. The Kier molecular flexibility index (Phi) is 5.14. The van der Waals surface area contributed by atoms with Crippen molar-refractivity contribution in [1.29, 1.82) is 0 Å². The number of rotatable bonds is 5. The number of anilines is 2. The number of nitrogens with one attached hydrogen (secondary N) is 2. The summed E-state index contributed by atoms with van der Waals surface area (Å²) in [4.78, 5) is 25.0. The molecule has 0 saturated heterocycles. The minimum absolute atomic E-state index is 0.0424. The molecule has 2 aromatic carbocycles. The lowest BCUT2D eigenvalue weighted by molar-refractivity contribution is -0.114. The van der Waals surface area contributed by atoms with E-state index >= 15 is 0 Å². The van der Waals surface area contributed by atoms with Gasteiger partial charge in [-0.1, -0.05) is 29.8 Å². The van der Waals surface area contributed by atoms with Crippen LogP contribution in [0.15, 0.2) is 59.4 Å². The molecule has 0 bridgehead atoms. The average Bonchev–Trinajstić information content (AvgIpc) is 2.85. The molecule has 7 heteroatoms. The van der Waals surface area contributed by atoms with E-state index in [-0.39, 0.29) is 23.7 Å². The van der Waals surface area contributed by atoms with Gasteiger partial charge in [0.1, 0.15) is 5.69 Å². The van der Waals surface area contributed by atoms with E-state index in [1.807, 2.05) is 30.3 Å². The summed E-state index contributed by atoms with van der Waals surface area (Å²) in [6.07, 6.45) is 0. The van der Waals surface area contributed by atoms with Crippen molar-refractivity contribution in [2.45, 2.75) is 6.92 Å². The fourth-order valence-corrected chi connectivity index (χ4v) is 2.77. The van der Waals surface area contributed by atoms with E-state index in [0.29, 0.717) is 10.7 Å². The number of aromatic nitrogens is 2. The van der Waals surface area contributed by atoms with Crippen LogP contribution in [0.5, 0.6) is 0 Å². The van der Waals surface area contributed by atoms with Gasteiger partial charge in [0.05, 0.1) is 17.9 Å². The van der Waals surface area contributed by atoms with Crippen LogP contribution in [0, 0.1) is 6.92 Å². The highest BCUT2D eigenvalue weighted by atomic mass is 35.5. The summed E-state index contributed by atoms with van der Waals surface area (Å²) < 4.78 is 3.25. The Hall–Kier alpha value is -2.99. The Morgan fingerprint density at radius 2 is 1.73 bits per heavy atom. The van der Waals surface area contributed by atoms with E-state index in [1.165, 1.54) is 4.68 Å². The summed E-state index contributed by atoms with van der Waals surface area (Å²) in [5.41, 5.74) is 2.20. The third-order valence-corrected chi connectivity index (χ3v) is 4.37. The summed E-state index contributed by atoms with van der Waals surface area (Å²) in [5, 5.41) is 6.33. The number of para-hydroxylation sites is 1. The maximum Gasteiger partial charge on any atom is 0.295 e. The highest BCUT2D eigenvalue weighted by molar-refractivity contribution is 6.30. The highest BCUT2D eigenvalue weighted by Gasteiger charge is 2.17. The largest absolute Gasteiger partial charge is 0.376 e. The molecular formula is C19H19ClN4O2. The SMILES string of the molecule is Cc1c(NC(=O)CNc2ccc(Cl)cc2)c(=O)n(-c2ccccc2)n1C. The number of hydrogen-bond donors (Lipinski definition) is 2. The molecule has 0 unspecified atom stereocenters. The third-order valence-electron chi connectivity index (χ3n) is 4.12. The molecule has 1 amide bonds. The molecule has 0 fully saturated rings. The van der Waals surface area contributed by atoms with E-state index in [0.717, 1.165) is 11.4 Å². The molecule has 134 valence electrons. The number of hydrogen-bond acceptors (Lipinski definition) is 3. The van der Waals surface area contributed by atoms with Gasteiger partial charge in [-0.15, -0.1) is 0 Å². The zero-order valence-electron chi connectivity index (χ0n) is 14.5. The fraction of sp³-hybridized carbons (Fsp3) is 0.158. The molecule has 0 spiro atoms. The van der Waals surface area contributed by atoms with Crippen LogP contribution in [0.4, 0.5) is 11.4 Å². The molecule has 0 aliphatic heterocycles. The zero-order chi connectivity index (χ0) is 18.7. The molecule has 0 aliphatic carbocycles. The van der Waals surface area contributed by atoms with Crippen molar-refractivity contribution in [3.8, 4) is 5.69 Å². The second kappa shape index (κ2) is 7.49. The van der Waals surface area contributed by atoms with Crippen LogP contribution in [-0.4, -0.2) is 21.8 Å². The Labute approximate surface area is 156 Å². The zero-order valence-corrected chi connectivity index (χ0v) is 15.2. The second-order valence-corrected chi connectivity index (χ2v) is 6.28. The van der Waals surface area contributed by atoms with Crippen molar-refractivity contribution < 1.29 is 4.79 Å². The van der Waals surface area contributed by atoms with Crippen molar-refractivity contribution in [3.05, 3.63) is 75.7 Å². The molecule has 3 rings (SSSR count). The summed E-state index contributed by atoms with van der Waals surface area (Å²) in [5.74, 6) is -0.300. The number of nitrogens with zero attached hydrogens (tertiary/aromatic N) is 2. The number of carbonyl (C=O) groups is 1. The molecule has 1 heterocycles. The van der Waals surface area contributed by atoms with Crippen LogP contribution in [0.2, 0.25) is 5.02 Å². The second-order valence-electron chi connectivity index (χ2n) is 5.85. The van der Waals surface area contributed by atoms with Gasteiger partial charge in [-0.05, 0) is 43.3 Å². The molecule has 1 aromatic heterocycles. The quantitative estimate of drug-likeness (QED) is 0.724. The number of halogens is 1. The van der Waals surface area contributed by atoms with Crippen molar-refractivity contribution in [3.63, 3.8) is 0 Å². The minimum atomic E-state index is -0.300. The topological polar surface area (TPSA) is 68.1 Å². The van der Waals surface area contributed by atoms with Gasteiger partial charge in [0, 0.05) is 17.8 Å². The van der Waals surface area contributed by atoms with Gasteiger partial charge < -0.3 is 10.6 Å². The smallest absolute Gasteiger partial charge is 0.295 e. The Morgan fingerprint density at radius 1 is 1.08 bits per heavy atom. The predicted molar refractivity (Wildman–Crippen MR) is 104 cm³/mol. The van der Waals surface area contributed by atoms with E-state index in [4.69, 9.17) is 11.6 Å². The van der Waals surface area contributed by atoms with E-state index < -0.39 is 0 Å². The van der Waals surface area contributed by atoms with Gasteiger partial charge in [0.25, 0.3) is 5.56 Å². The van der Waals surface area contributed by atoms with Gasteiger partial charge in [0.2, 0.25) is 5.91 Å². The van der Waals surface area contributed by atoms with Gasteiger partial charge in [-0.25, -0.2) is 4.68 Å². The van der Waals surface area contributed by atoms with Gasteiger partial charge in [0.15, 0.2) is 0 Å². The van der Waals surface area contributed by atoms with E-state index in [9.17, 15) is 9.59 Å². The first-order valence-electron chi connectivity index (χ1n) is 8.10. The first kappa shape index (κ1) is 17.8. The molecule has 6 nitrogen and oxygen atoms in total. The lowest BCUT2D eigenvalue weighted by Crippen LogP contribution is -2.26. The van der Waals surface area contributed by atoms with Crippen LogP contribution in [0.3, 0.4) is 0 Å². The summed E-state index contributed by atoms with van der Waals surface area (Å²) >= 11 is 5.84. The fourth-order valence-electron chi connectivity index (χ4n) is 2.65. The minimum Gasteiger partial charge on any atom is -0.376 e. The van der Waals surface area contributed by atoms with Crippen LogP contribution < -0.4 is 16.2 Å². The van der Waals surface area contributed by atoms with Crippen LogP contribution in [0.25, 0.3) is 5.69 Å². The summed E-state index contributed by atoms with van der Waals surface area (Å²) in [6, 6.07) is 16.3. The Morgan fingerprint density at radius 3 is 2.38 bits per heavy atom.